The topological polar surface area (TPSA) is 65.8 Å². The van der Waals surface area contributed by atoms with Crippen LogP contribution in [0.2, 0.25) is 10.0 Å². The lowest BCUT2D eigenvalue weighted by molar-refractivity contribution is 0.0695. The Morgan fingerprint density at radius 1 is 1.24 bits per heavy atom. The maximum atomic E-state index is 12.5. The number of aromatic carboxylic acids is 1. The molecule has 1 aromatic heterocycles. The lowest BCUT2D eigenvalue weighted by Crippen LogP contribution is -2.44. The molecule has 1 aliphatic heterocycles. The molecule has 1 saturated heterocycles. The Bertz CT molecular complexity index is 902. The van der Waals surface area contributed by atoms with E-state index in [9.17, 15) is 14.7 Å². The first-order valence-electron chi connectivity index (χ1n) is 8.07. The van der Waals surface area contributed by atoms with Crippen molar-refractivity contribution in [2.75, 3.05) is 38.1 Å². The monoisotopic (exact) mass is 383 g/mol. The van der Waals surface area contributed by atoms with Crippen molar-refractivity contribution in [1.82, 2.24) is 9.47 Å². The van der Waals surface area contributed by atoms with Gasteiger partial charge in [-0.05, 0) is 20.0 Å². The molecule has 0 saturated carbocycles. The lowest BCUT2D eigenvalue weighted by atomic mass is 10.1. The minimum atomic E-state index is -1.26. The van der Waals surface area contributed by atoms with E-state index in [0.29, 0.717) is 27.8 Å². The number of pyridine rings is 1. The second-order valence-electron chi connectivity index (χ2n) is 6.17. The molecule has 0 radical (unpaired) electrons. The highest BCUT2D eigenvalue weighted by molar-refractivity contribution is 6.42. The summed E-state index contributed by atoms with van der Waals surface area (Å²) in [5.74, 6) is -1.26. The van der Waals surface area contributed by atoms with Gasteiger partial charge in [-0.15, -0.1) is 0 Å². The summed E-state index contributed by atoms with van der Waals surface area (Å²) in [6.45, 7) is 5.71. The molecule has 8 heteroatoms. The number of halogens is 2. The number of hydrogen-bond acceptors (Lipinski definition) is 4. The van der Waals surface area contributed by atoms with Crippen molar-refractivity contribution in [2.24, 2.45) is 0 Å². The maximum absolute atomic E-state index is 12.5. The van der Waals surface area contributed by atoms with Crippen LogP contribution in [0.3, 0.4) is 0 Å². The third-order valence-corrected chi connectivity index (χ3v) is 5.27. The molecule has 2 aromatic rings. The number of benzene rings is 1. The smallest absolute Gasteiger partial charge is 0.341 e. The zero-order valence-electron chi connectivity index (χ0n) is 14.1. The number of anilines is 1. The highest BCUT2D eigenvalue weighted by Crippen LogP contribution is 2.39. The van der Waals surface area contributed by atoms with Crippen LogP contribution in [-0.2, 0) is 6.54 Å². The Morgan fingerprint density at radius 3 is 2.44 bits per heavy atom. The first-order chi connectivity index (χ1) is 11.8. The van der Waals surface area contributed by atoms with Gasteiger partial charge in [0, 0.05) is 44.3 Å². The molecule has 0 amide bonds. The van der Waals surface area contributed by atoms with Crippen molar-refractivity contribution in [3.8, 4) is 0 Å². The molecular formula is C17H19Cl2N3O3. The second-order valence-corrected chi connectivity index (χ2v) is 6.96. The second kappa shape index (κ2) is 6.86. The number of nitrogens with zero attached hydrogens (tertiary/aromatic N) is 3. The average Bonchev–Trinajstić information content (AvgIpc) is 2.57. The fourth-order valence-electron chi connectivity index (χ4n) is 3.20. The molecule has 1 fully saturated rings. The van der Waals surface area contributed by atoms with E-state index in [-0.39, 0.29) is 10.9 Å². The molecule has 1 aliphatic rings. The van der Waals surface area contributed by atoms with Crippen LogP contribution in [0, 0.1) is 0 Å². The van der Waals surface area contributed by atoms with Gasteiger partial charge in [0.2, 0.25) is 5.43 Å². The van der Waals surface area contributed by atoms with Gasteiger partial charge in [-0.3, -0.25) is 4.79 Å². The molecule has 1 N–H and O–H groups in total. The zero-order valence-corrected chi connectivity index (χ0v) is 15.6. The molecule has 134 valence electrons. The van der Waals surface area contributed by atoms with E-state index >= 15 is 0 Å². The van der Waals surface area contributed by atoms with Gasteiger partial charge >= 0.3 is 5.97 Å². The highest BCUT2D eigenvalue weighted by Gasteiger charge is 2.24. The quantitative estimate of drug-likeness (QED) is 0.882. The van der Waals surface area contributed by atoms with E-state index in [1.165, 1.54) is 12.3 Å². The molecule has 0 atom stereocenters. The Labute approximate surface area is 155 Å². The van der Waals surface area contributed by atoms with E-state index < -0.39 is 11.4 Å². The summed E-state index contributed by atoms with van der Waals surface area (Å²) in [5.41, 5.74) is 0.376. The SMILES string of the molecule is CCn1cc(C(=O)O)c(=O)c2cc(Cl)c(N3CCN(C)CC3)c(Cl)c21. The molecular weight excluding hydrogens is 365 g/mol. The molecule has 0 bridgehead atoms. The summed E-state index contributed by atoms with van der Waals surface area (Å²) in [6.07, 6.45) is 1.35. The Balaban J connectivity index is 2.28. The fraction of sp³-hybridized carbons (Fsp3) is 0.412. The third-order valence-electron chi connectivity index (χ3n) is 4.62. The number of carbonyl (C=O) groups is 1. The third kappa shape index (κ3) is 3.10. The van der Waals surface area contributed by atoms with Crippen LogP contribution < -0.4 is 10.3 Å². The molecule has 1 aromatic carbocycles. The van der Waals surface area contributed by atoms with Crippen molar-refractivity contribution in [1.29, 1.82) is 0 Å². The first-order valence-corrected chi connectivity index (χ1v) is 8.82. The Kier molecular flexibility index (Phi) is 4.95. The number of fused-ring (bicyclic) bond motifs is 1. The number of rotatable bonds is 3. The lowest BCUT2D eigenvalue weighted by Gasteiger charge is -2.35. The molecule has 0 spiro atoms. The average molecular weight is 384 g/mol. The normalized spacial score (nSPS) is 15.8. The van der Waals surface area contributed by atoms with Crippen LogP contribution in [0.15, 0.2) is 17.1 Å². The summed E-state index contributed by atoms with van der Waals surface area (Å²) < 4.78 is 1.69. The van der Waals surface area contributed by atoms with Gasteiger partial charge in [0.15, 0.2) is 0 Å². The number of carboxylic acid groups (broad SMARTS) is 1. The van der Waals surface area contributed by atoms with E-state index in [1.54, 1.807) is 4.57 Å². The van der Waals surface area contributed by atoms with E-state index in [4.69, 9.17) is 23.2 Å². The molecule has 0 aliphatic carbocycles. The largest absolute Gasteiger partial charge is 0.477 e. The van der Waals surface area contributed by atoms with Gasteiger partial charge in [-0.1, -0.05) is 23.2 Å². The van der Waals surface area contributed by atoms with E-state index in [1.807, 2.05) is 6.92 Å². The standard InChI is InChI=1S/C17H19Cl2N3O3/c1-3-21-9-11(17(24)25)16(23)10-8-12(18)15(13(19)14(10)21)22-6-4-20(2)5-7-22/h8-9H,3-7H2,1-2H3,(H,24,25). The minimum absolute atomic E-state index is 0.231. The van der Waals surface area contributed by atoms with Crippen molar-refractivity contribution >= 4 is 45.8 Å². The number of carboxylic acids is 1. The molecule has 3 rings (SSSR count). The van der Waals surface area contributed by atoms with Gasteiger partial charge in [-0.2, -0.15) is 0 Å². The van der Waals surface area contributed by atoms with Crippen molar-refractivity contribution in [3.63, 3.8) is 0 Å². The summed E-state index contributed by atoms with van der Waals surface area (Å²) >= 11 is 13.1. The summed E-state index contributed by atoms with van der Waals surface area (Å²) in [4.78, 5) is 28.2. The molecule has 2 heterocycles. The number of likely N-dealkylation sites (N-methyl/N-ethyl adjacent to an activating group) is 1. The number of aromatic nitrogens is 1. The van der Waals surface area contributed by atoms with E-state index in [2.05, 4.69) is 16.8 Å². The van der Waals surface area contributed by atoms with Gasteiger partial charge < -0.3 is 19.5 Å². The Hall–Kier alpha value is -1.76. The van der Waals surface area contributed by atoms with Crippen molar-refractivity contribution in [3.05, 3.63) is 38.1 Å². The predicted octanol–water partition coefficient (Wildman–Crippen LogP) is 2.78. The number of aryl methyl sites for hydroxylation is 1. The van der Waals surface area contributed by atoms with Gasteiger partial charge in [0.1, 0.15) is 5.56 Å². The van der Waals surface area contributed by atoms with Gasteiger partial charge in [0.05, 0.1) is 21.2 Å². The van der Waals surface area contributed by atoms with Crippen molar-refractivity contribution < 1.29 is 9.90 Å². The van der Waals surface area contributed by atoms with Crippen LogP contribution in [0.1, 0.15) is 17.3 Å². The molecule has 25 heavy (non-hydrogen) atoms. The first kappa shape index (κ1) is 18.0. The summed E-state index contributed by atoms with van der Waals surface area (Å²) in [6, 6.07) is 1.54. The van der Waals surface area contributed by atoms with Crippen LogP contribution in [0.25, 0.3) is 10.9 Å². The number of piperazine rings is 1. The molecule has 6 nitrogen and oxygen atoms in total. The number of hydrogen-bond donors (Lipinski definition) is 1. The predicted molar refractivity (Wildman–Crippen MR) is 101 cm³/mol. The minimum Gasteiger partial charge on any atom is -0.477 e. The van der Waals surface area contributed by atoms with Gasteiger partial charge in [0.25, 0.3) is 0 Å². The molecule has 0 unspecified atom stereocenters. The summed E-state index contributed by atoms with van der Waals surface area (Å²) in [7, 11) is 2.06. The van der Waals surface area contributed by atoms with Crippen LogP contribution in [0.4, 0.5) is 5.69 Å². The summed E-state index contributed by atoms with van der Waals surface area (Å²) in [5, 5.41) is 10.3. The fourth-order valence-corrected chi connectivity index (χ4v) is 4.00. The maximum Gasteiger partial charge on any atom is 0.341 e. The Morgan fingerprint density at radius 2 is 1.88 bits per heavy atom. The van der Waals surface area contributed by atoms with Crippen molar-refractivity contribution in [2.45, 2.75) is 13.5 Å². The highest BCUT2D eigenvalue weighted by atomic mass is 35.5. The van der Waals surface area contributed by atoms with Crippen LogP contribution in [0.5, 0.6) is 0 Å². The zero-order chi connectivity index (χ0) is 18.3. The van der Waals surface area contributed by atoms with E-state index in [0.717, 1.165) is 26.2 Å². The van der Waals surface area contributed by atoms with Gasteiger partial charge in [-0.25, -0.2) is 4.79 Å². The van der Waals surface area contributed by atoms with Crippen LogP contribution in [-0.4, -0.2) is 53.8 Å². The van der Waals surface area contributed by atoms with Crippen LogP contribution >= 0.6 is 23.2 Å².